The highest BCUT2D eigenvalue weighted by molar-refractivity contribution is 5.64. The van der Waals surface area contributed by atoms with Gasteiger partial charge in [-0.05, 0) is 30.6 Å². The van der Waals surface area contributed by atoms with Gasteiger partial charge in [-0.25, -0.2) is 0 Å². The maximum atomic E-state index is 9.94. The molecule has 0 radical (unpaired) electrons. The van der Waals surface area contributed by atoms with Crippen LogP contribution in [0.1, 0.15) is 6.42 Å². The van der Waals surface area contributed by atoms with Crippen molar-refractivity contribution < 1.29 is 9.90 Å². The zero-order chi connectivity index (χ0) is 8.10. The molecule has 1 rings (SSSR count). The molecule has 0 aromatic heterocycles. The minimum atomic E-state index is 0.260. The molecule has 0 amide bonds. The van der Waals surface area contributed by atoms with E-state index >= 15 is 0 Å². The van der Waals surface area contributed by atoms with Crippen LogP contribution in [0.25, 0.3) is 0 Å². The van der Waals surface area contributed by atoms with Crippen LogP contribution in [0.2, 0.25) is 0 Å². The number of aliphatic hydroxyl groups excluding tert-OH is 1. The second kappa shape index (κ2) is 3.76. The number of allylic oxidation sites excluding steroid dienone is 5. The molecule has 1 aliphatic rings. The van der Waals surface area contributed by atoms with Gasteiger partial charge in [-0.2, -0.15) is 0 Å². The molecular weight excluding hydrogens is 140 g/mol. The van der Waals surface area contributed by atoms with Crippen molar-refractivity contribution >= 4 is 6.29 Å². The Morgan fingerprint density at radius 2 is 2.45 bits per heavy atom. The molecule has 58 valence electrons. The summed E-state index contributed by atoms with van der Waals surface area (Å²) in [5.74, 6) is 0.567. The third-order valence-corrected chi connectivity index (χ3v) is 1.55. The molecule has 1 aliphatic carbocycles. The molecule has 11 heavy (non-hydrogen) atoms. The van der Waals surface area contributed by atoms with Gasteiger partial charge in [-0.3, -0.25) is 4.79 Å². The van der Waals surface area contributed by atoms with E-state index in [0.717, 1.165) is 12.7 Å². The molecule has 0 spiro atoms. The number of rotatable bonds is 2. The average molecular weight is 150 g/mol. The number of carbonyl (C=O) groups excluding carboxylic acids is 1. The highest BCUT2D eigenvalue weighted by Crippen LogP contribution is 2.15. The van der Waals surface area contributed by atoms with Crippen LogP contribution in [0.15, 0.2) is 36.1 Å². The van der Waals surface area contributed by atoms with E-state index in [9.17, 15) is 4.79 Å². The minimum absolute atomic E-state index is 0.260. The summed E-state index contributed by atoms with van der Waals surface area (Å²) in [4.78, 5) is 9.94. The van der Waals surface area contributed by atoms with Gasteiger partial charge >= 0.3 is 0 Å². The van der Waals surface area contributed by atoms with Crippen molar-refractivity contribution in [3.8, 4) is 0 Å². The minimum Gasteiger partial charge on any atom is -0.508 e. The predicted octanol–water partition coefficient (Wildman–Crippen LogP) is 1.76. The first-order valence-corrected chi connectivity index (χ1v) is 3.52. The van der Waals surface area contributed by atoms with Crippen LogP contribution in [-0.2, 0) is 4.79 Å². The van der Waals surface area contributed by atoms with Crippen LogP contribution < -0.4 is 0 Å². The van der Waals surface area contributed by atoms with Crippen LogP contribution in [0.5, 0.6) is 0 Å². The monoisotopic (exact) mass is 150 g/mol. The Morgan fingerprint density at radius 1 is 1.64 bits per heavy atom. The van der Waals surface area contributed by atoms with Crippen LogP contribution in [0.4, 0.5) is 0 Å². The van der Waals surface area contributed by atoms with E-state index in [0.29, 0.717) is 5.76 Å². The maximum Gasteiger partial charge on any atom is 0.142 e. The molecule has 2 nitrogen and oxygen atoms in total. The molecule has 1 atom stereocenters. The van der Waals surface area contributed by atoms with Crippen molar-refractivity contribution in [1.29, 1.82) is 0 Å². The Bertz CT molecular complexity index is 224. The summed E-state index contributed by atoms with van der Waals surface area (Å²) < 4.78 is 0. The fourth-order valence-electron chi connectivity index (χ4n) is 0.956. The van der Waals surface area contributed by atoms with Gasteiger partial charge in [0.2, 0.25) is 0 Å². The third-order valence-electron chi connectivity index (χ3n) is 1.55. The smallest absolute Gasteiger partial charge is 0.142 e. The first-order valence-electron chi connectivity index (χ1n) is 3.52. The van der Waals surface area contributed by atoms with E-state index in [-0.39, 0.29) is 5.92 Å². The van der Waals surface area contributed by atoms with E-state index in [1.807, 2.05) is 12.2 Å². The zero-order valence-corrected chi connectivity index (χ0v) is 6.10. The van der Waals surface area contributed by atoms with Crippen molar-refractivity contribution in [2.24, 2.45) is 5.92 Å². The maximum absolute atomic E-state index is 9.94. The summed E-state index contributed by atoms with van der Waals surface area (Å²) in [5.41, 5.74) is 0. The van der Waals surface area contributed by atoms with Crippen LogP contribution in [0.3, 0.4) is 0 Å². The van der Waals surface area contributed by atoms with Crippen molar-refractivity contribution in [1.82, 2.24) is 0 Å². The Labute approximate surface area is 65.5 Å². The standard InChI is InChI=1S/C9H10O2/c10-7-1-2-8-3-5-9(11)6-4-8/h1-3,5-8,11H,4H2/b2-1+/t8-/m0/s1. The lowest BCUT2D eigenvalue weighted by Gasteiger charge is -2.07. The van der Waals surface area contributed by atoms with Gasteiger partial charge in [0.25, 0.3) is 0 Å². The van der Waals surface area contributed by atoms with Crippen LogP contribution in [-0.4, -0.2) is 11.4 Å². The molecule has 2 heteroatoms. The van der Waals surface area contributed by atoms with E-state index in [4.69, 9.17) is 5.11 Å². The molecule has 0 fully saturated rings. The Balaban J connectivity index is 2.49. The fraction of sp³-hybridized carbons (Fsp3) is 0.222. The first kappa shape index (κ1) is 7.79. The summed E-state index contributed by atoms with van der Waals surface area (Å²) in [7, 11) is 0. The van der Waals surface area contributed by atoms with Gasteiger partial charge in [0, 0.05) is 0 Å². The van der Waals surface area contributed by atoms with Crippen molar-refractivity contribution in [2.45, 2.75) is 6.42 Å². The summed E-state index contributed by atoms with van der Waals surface area (Å²) >= 11 is 0. The van der Waals surface area contributed by atoms with Crippen molar-refractivity contribution in [2.75, 3.05) is 0 Å². The highest BCUT2D eigenvalue weighted by Gasteiger charge is 2.02. The Morgan fingerprint density at radius 3 is 3.00 bits per heavy atom. The normalized spacial score (nSPS) is 23.6. The molecule has 0 heterocycles. The SMILES string of the molecule is O=C/C=C/[C@H]1C=CC(O)=CC1. The molecule has 0 unspecified atom stereocenters. The lowest BCUT2D eigenvalue weighted by Crippen LogP contribution is -1.95. The van der Waals surface area contributed by atoms with Gasteiger partial charge in [0.05, 0.1) is 0 Å². The summed E-state index contributed by atoms with van der Waals surface area (Å²) in [6, 6.07) is 0. The molecule has 0 bridgehead atoms. The molecule has 0 aromatic carbocycles. The molecule has 0 aromatic rings. The third kappa shape index (κ3) is 2.42. The summed E-state index contributed by atoms with van der Waals surface area (Å²) in [6.07, 6.45) is 10.1. The second-order valence-electron chi connectivity index (χ2n) is 2.41. The van der Waals surface area contributed by atoms with Crippen LogP contribution in [0, 0.1) is 5.92 Å². The number of aldehydes is 1. The molecular formula is C9H10O2. The van der Waals surface area contributed by atoms with Gasteiger partial charge in [-0.1, -0.05) is 12.2 Å². The van der Waals surface area contributed by atoms with E-state index in [1.165, 1.54) is 6.08 Å². The van der Waals surface area contributed by atoms with Gasteiger partial charge in [0.1, 0.15) is 12.0 Å². The number of aliphatic hydroxyl groups is 1. The molecule has 0 saturated heterocycles. The molecule has 1 N–H and O–H groups in total. The topological polar surface area (TPSA) is 37.3 Å². The summed E-state index contributed by atoms with van der Waals surface area (Å²) in [6.45, 7) is 0. The van der Waals surface area contributed by atoms with Crippen molar-refractivity contribution in [3.05, 3.63) is 36.1 Å². The van der Waals surface area contributed by atoms with Gasteiger partial charge in [0.15, 0.2) is 0 Å². The quantitative estimate of drug-likeness (QED) is 0.481. The number of carbonyl (C=O) groups is 1. The first-order chi connectivity index (χ1) is 5.33. The average Bonchev–Trinajstić information content (AvgIpc) is 2.04. The van der Waals surface area contributed by atoms with Crippen molar-refractivity contribution in [3.63, 3.8) is 0 Å². The largest absolute Gasteiger partial charge is 0.508 e. The summed E-state index contributed by atoms with van der Waals surface area (Å²) in [5, 5.41) is 8.93. The lowest BCUT2D eigenvalue weighted by atomic mass is 10.00. The van der Waals surface area contributed by atoms with Gasteiger partial charge < -0.3 is 5.11 Å². The van der Waals surface area contributed by atoms with Crippen LogP contribution >= 0.6 is 0 Å². The second-order valence-corrected chi connectivity index (χ2v) is 2.41. The molecule has 0 aliphatic heterocycles. The van der Waals surface area contributed by atoms with Gasteiger partial charge in [-0.15, -0.1) is 0 Å². The number of hydrogen-bond donors (Lipinski definition) is 1. The molecule has 0 saturated carbocycles. The lowest BCUT2D eigenvalue weighted by molar-refractivity contribution is -0.104. The number of hydrogen-bond acceptors (Lipinski definition) is 2. The zero-order valence-electron chi connectivity index (χ0n) is 6.10. The fourth-order valence-corrected chi connectivity index (χ4v) is 0.956. The van der Waals surface area contributed by atoms with E-state index < -0.39 is 0 Å². The Hall–Kier alpha value is -1.31. The Kier molecular flexibility index (Phi) is 2.66. The van der Waals surface area contributed by atoms with E-state index in [1.54, 1.807) is 12.2 Å². The highest BCUT2D eigenvalue weighted by atomic mass is 16.3. The predicted molar refractivity (Wildman–Crippen MR) is 43.2 cm³/mol. The van der Waals surface area contributed by atoms with E-state index in [2.05, 4.69) is 0 Å².